The van der Waals surface area contributed by atoms with Crippen LogP contribution in [0.3, 0.4) is 0 Å². The molecule has 26 heavy (non-hydrogen) atoms. The fourth-order valence-electron chi connectivity index (χ4n) is 3.65. The Kier molecular flexibility index (Phi) is 8.11. The van der Waals surface area contributed by atoms with Crippen molar-refractivity contribution in [3.8, 4) is 0 Å². The van der Waals surface area contributed by atoms with Crippen LogP contribution in [0.5, 0.6) is 0 Å². The van der Waals surface area contributed by atoms with Crippen molar-refractivity contribution < 1.29 is 4.79 Å². The van der Waals surface area contributed by atoms with Crippen LogP contribution in [-0.4, -0.2) is 40.5 Å². The number of rotatable bonds is 4. The number of aliphatic imine (C=N–C) groups is 1. The number of hydrogen-bond acceptors (Lipinski definition) is 3. The molecule has 1 unspecified atom stereocenters. The molecule has 3 rings (SSSR count). The summed E-state index contributed by atoms with van der Waals surface area (Å²) in [5, 5.41) is 1.78. The van der Waals surface area contributed by atoms with Gasteiger partial charge < -0.3 is 4.90 Å². The lowest BCUT2D eigenvalue weighted by atomic mass is 9.96. The van der Waals surface area contributed by atoms with Gasteiger partial charge in [0.05, 0.1) is 6.04 Å². The van der Waals surface area contributed by atoms with Crippen LogP contribution in [-0.2, 0) is 4.79 Å². The van der Waals surface area contributed by atoms with Gasteiger partial charge in [-0.25, -0.2) is 0 Å². The molecule has 144 valence electrons. The maximum Gasteiger partial charge on any atom is 0.225 e. The number of amides is 1. The van der Waals surface area contributed by atoms with Gasteiger partial charge >= 0.3 is 0 Å². The lowest BCUT2D eigenvalue weighted by Gasteiger charge is -2.34. The van der Waals surface area contributed by atoms with Gasteiger partial charge in [-0.2, -0.15) is 0 Å². The van der Waals surface area contributed by atoms with Gasteiger partial charge in [-0.1, -0.05) is 42.6 Å². The number of hydrogen-bond donors (Lipinski definition) is 0. The molecular formula is C19H27Cl2N3OS. The van der Waals surface area contributed by atoms with Crippen LogP contribution in [0.25, 0.3) is 0 Å². The zero-order valence-electron chi connectivity index (χ0n) is 15.4. The highest BCUT2D eigenvalue weighted by atomic mass is 35.5. The summed E-state index contributed by atoms with van der Waals surface area (Å²) in [6.07, 6.45) is 6.30. The predicted molar refractivity (Wildman–Crippen MR) is 115 cm³/mol. The van der Waals surface area contributed by atoms with E-state index in [2.05, 4.69) is 11.8 Å². The Morgan fingerprint density at radius 3 is 2.50 bits per heavy atom. The number of carbonyl (C=O) groups is 1. The number of thioether (sulfide) groups is 1. The summed E-state index contributed by atoms with van der Waals surface area (Å²) in [5.41, 5.74) is 0.889. The van der Waals surface area contributed by atoms with Crippen LogP contribution in [0, 0.1) is 0 Å². The Balaban J connectivity index is 0.00000243. The smallest absolute Gasteiger partial charge is 0.225 e. The molecule has 1 atom stereocenters. The first-order valence-corrected chi connectivity index (χ1v) is 10.5. The van der Waals surface area contributed by atoms with E-state index in [1.165, 1.54) is 32.1 Å². The third-order valence-electron chi connectivity index (χ3n) is 4.92. The van der Waals surface area contributed by atoms with Crippen molar-refractivity contribution in [3.63, 3.8) is 0 Å². The summed E-state index contributed by atoms with van der Waals surface area (Å²) in [6, 6.07) is 7.95. The molecule has 1 saturated carbocycles. The van der Waals surface area contributed by atoms with Gasteiger partial charge in [-0.05, 0) is 44.0 Å². The van der Waals surface area contributed by atoms with E-state index in [0.717, 1.165) is 23.2 Å². The standard InChI is InChI=1S/C19H26ClN3OS.ClH/c1-3-22-18(13-25-19(22)21-16-7-5-4-6-8-16)23(14(2)24)17-11-9-15(20)10-12-17;/h9-12,16,18H,3-8,13H2,1-2H3;1H. The minimum Gasteiger partial charge on any atom is -0.330 e. The third-order valence-corrected chi connectivity index (χ3v) is 6.23. The number of anilines is 1. The number of halogens is 2. The van der Waals surface area contributed by atoms with Gasteiger partial charge in [0.25, 0.3) is 0 Å². The van der Waals surface area contributed by atoms with Crippen molar-refractivity contribution in [2.24, 2.45) is 4.99 Å². The fourth-order valence-corrected chi connectivity index (χ4v) is 5.05. The molecule has 7 heteroatoms. The normalized spacial score (nSPS) is 22.3. The van der Waals surface area contributed by atoms with Crippen molar-refractivity contribution in [2.75, 3.05) is 17.2 Å². The summed E-state index contributed by atoms with van der Waals surface area (Å²) in [7, 11) is 0. The largest absolute Gasteiger partial charge is 0.330 e. The molecule has 2 aliphatic rings. The first kappa shape index (κ1) is 21.4. The minimum atomic E-state index is 0. The van der Waals surface area contributed by atoms with Gasteiger partial charge in [0.1, 0.15) is 6.17 Å². The van der Waals surface area contributed by atoms with Crippen LogP contribution < -0.4 is 4.90 Å². The zero-order chi connectivity index (χ0) is 17.8. The second-order valence-electron chi connectivity index (χ2n) is 6.65. The van der Waals surface area contributed by atoms with E-state index in [-0.39, 0.29) is 24.5 Å². The Bertz CT molecular complexity index is 632. The average Bonchev–Trinajstić information content (AvgIpc) is 2.99. The van der Waals surface area contributed by atoms with E-state index in [4.69, 9.17) is 16.6 Å². The van der Waals surface area contributed by atoms with Gasteiger partial charge in [-0.15, -0.1) is 12.4 Å². The molecule has 1 saturated heterocycles. The molecular weight excluding hydrogens is 389 g/mol. The van der Waals surface area contributed by atoms with E-state index >= 15 is 0 Å². The molecule has 1 aliphatic carbocycles. The Hall–Kier alpha value is -0.910. The molecule has 0 spiro atoms. The summed E-state index contributed by atoms with van der Waals surface area (Å²) >= 11 is 7.78. The van der Waals surface area contributed by atoms with Crippen LogP contribution in [0.1, 0.15) is 46.0 Å². The SMILES string of the molecule is CCN1C(=NC2CCCCC2)SCC1N(C(C)=O)c1ccc(Cl)cc1.Cl. The Morgan fingerprint density at radius 2 is 1.92 bits per heavy atom. The Labute approximate surface area is 171 Å². The average molecular weight is 416 g/mol. The second kappa shape index (κ2) is 9.86. The molecule has 0 bridgehead atoms. The molecule has 1 heterocycles. The summed E-state index contributed by atoms with van der Waals surface area (Å²) < 4.78 is 0. The molecule has 0 aromatic heterocycles. The van der Waals surface area contributed by atoms with E-state index in [0.29, 0.717) is 11.1 Å². The molecule has 4 nitrogen and oxygen atoms in total. The zero-order valence-corrected chi connectivity index (χ0v) is 17.7. The monoisotopic (exact) mass is 415 g/mol. The molecule has 2 fully saturated rings. The van der Waals surface area contributed by atoms with E-state index in [9.17, 15) is 4.79 Å². The van der Waals surface area contributed by atoms with Gasteiger partial charge in [0.2, 0.25) is 5.91 Å². The second-order valence-corrected chi connectivity index (χ2v) is 8.07. The number of benzene rings is 1. The lowest BCUT2D eigenvalue weighted by molar-refractivity contribution is -0.117. The highest BCUT2D eigenvalue weighted by Gasteiger charge is 2.36. The molecule has 1 aromatic carbocycles. The highest BCUT2D eigenvalue weighted by Crippen LogP contribution is 2.32. The molecule has 1 amide bonds. The van der Waals surface area contributed by atoms with Crippen molar-refractivity contribution in [1.82, 2.24) is 4.90 Å². The molecule has 1 aromatic rings. The molecule has 0 N–H and O–H groups in total. The summed E-state index contributed by atoms with van der Waals surface area (Å²) in [4.78, 5) is 21.6. The summed E-state index contributed by atoms with van der Waals surface area (Å²) in [6.45, 7) is 4.61. The van der Waals surface area contributed by atoms with Gasteiger partial charge in [0, 0.05) is 29.9 Å². The maximum absolute atomic E-state index is 12.4. The van der Waals surface area contributed by atoms with Crippen molar-refractivity contribution >= 4 is 52.5 Å². The van der Waals surface area contributed by atoms with Crippen molar-refractivity contribution in [3.05, 3.63) is 29.3 Å². The van der Waals surface area contributed by atoms with Crippen molar-refractivity contribution in [1.29, 1.82) is 0 Å². The topological polar surface area (TPSA) is 35.9 Å². The fraction of sp³-hybridized carbons (Fsp3) is 0.579. The summed E-state index contributed by atoms with van der Waals surface area (Å²) in [5.74, 6) is 0.895. The van der Waals surface area contributed by atoms with Crippen LogP contribution in [0.4, 0.5) is 5.69 Å². The lowest BCUT2D eigenvalue weighted by Crippen LogP contribution is -2.50. The number of nitrogens with zero attached hydrogens (tertiary/aromatic N) is 3. The molecule has 1 aliphatic heterocycles. The minimum absolute atomic E-state index is 0. The van der Waals surface area contributed by atoms with Gasteiger partial charge in [-0.3, -0.25) is 14.7 Å². The van der Waals surface area contributed by atoms with Gasteiger partial charge in [0.15, 0.2) is 5.17 Å². The van der Waals surface area contributed by atoms with E-state index in [1.54, 1.807) is 18.7 Å². The third kappa shape index (κ3) is 4.87. The van der Waals surface area contributed by atoms with E-state index in [1.807, 2.05) is 29.2 Å². The van der Waals surface area contributed by atoms with E-state index < -0.39 is 0 Å². The van der Waals surface area contributed by atoms with Crippen LogP contribution >= 0.6 is 35.8 Å². The van der Waals surface area contributed by atoms with Crippen LogP contribution in [0.15, 0.2) is 29.3 Å². The highest BCUT2D eigenvalue weighted by molar-refractivity contribution is 8.14. The first-order chi connectivity index (χ1) is 12.1. The Morgan fingerprint density at radius 1 is 1.27 bits per heavy atom. The quantitative estimate of drug-likeness (QED) is 0.677. The number of amidine groups is 1. The van der Waals surface area contributed by atoms with Crippen molar-refractivity contribution in [2.45, 2.75) is 58.2 Å². The maximum atomic E-state index is 12.4. The van der Waals surface area contributed by atoms with Crippen LogP contribution in [0.2, 0.25) is 5.02 Å². The predicted octanol–water partition coefficient (Wildman–Crippen LogP) is 5.20. The first-order valence-electron chi connectivity index (χ1n) is 9.12. The molecule has 0 radical (unpaired) electrons. The number of carbonyl (C=O) groups excluding carboxylic acids is 1.